The number of amides is 1. The Bertz CT molecular complexity index is 549. The summed E-state index contributed by atoms with van der Waals surface area (Å²) < 4.78 is 51.8. The topological polar surface area (TPSA) is 41.1 Å². The third-order valence-electron chi connectivity index (χ3n) is 4.05. The van der Waals surface area contributed by atoms with Crippen LogP contribution in [-0.4, -0.2) is 24.5 Å². The van der Waals surface area contributed by atoms with E-state index < -0.39 is 29.0 Å². The van der Waals surface area contributed by atoms with Crippen molar-refractivity contribution in [1.82, 2.24) is 10.6 Å². The molecule has 2 N–H and O–H groups in total. The molecule has 1 saturated heterocycles. The van der Waals surface area contributed by atoms with Crippen LogP contribution < -0.4 is 10.6 Å². The molecule has 1 heterocycles. The highest BCUT2D eigenvalue weighted by molar-refractivity contribution is 5.95. The summed E-state index contributed by atoms with van der Waals surface area (Å²) in [4.78, 5) is 12.2. The number of piperidine rings is 1. The zero-order valence-corrected chi connectivity index (χ0v) is 12.3. The Balaban J connectivity index is 2.22. The zero-order chi connectivity index (χ0) is 16.5. The van der Waals surface area contributed by atoms with Gasteiger partial charge in [0.1, 0.15) is 5.82 Å². The number of halogens is 4. The van der Waals surface area contributed by atoms with Crippen LogP contribution in [0.2, 0.25) is 0 Å². The van der Waals surface area contributed by atoms with E-state index in [-0.39, 0.29) is 18.0 Å². The number of nitrogens with one attached hydrogen (secondary N) is 2. The molecule has 0 radical (unpaired) electrons. The van der Waals surface area contributed by atoms with Gasteiger partial charge < -0.3 is 10.6 Å². The second kappa shape index (κ2) is 6.24. The minimum atomic E-state index is -4.62. The molecule has 22 heavy (non-hydrogen) atoms. The largest absolute Gasteiger partial charge is 0.416 e. The quantitative estimate of drug-likeness (QED) is 0.823. The number of hydrogen-bond donors (Lipinski definition) is 2. The first-order valence-electron chi connectivity index (χ1n) is 7.11. The highest BCUT2D eigenvalue weighted by Gasteiger charge is 2.33. The number of benzene rings is 1. The summed E-state index contributed by atoms with van der Waals surface area (Å²) in [5.74, 6) is -1.63. The smallest absolute Gasteiger partial charge is 0.347 e. The van der Waals surface area contributed by atoms with E-state index >= 15 is 0 Å². The maximum Gasteiger partial charge on any atom is 0.416 e. The number of hydrogen-bond acceptors (Lipinski definition) is 2. The molecule has 1 aliphatic rings. The summed E-state index contributed by atoms with van der Waals surface area (Å²) >= 11 is 0. The van der Waals surface area contributed by atoms with Crippen LogP contribution in [0.15, 0.2) is 18.2 Å². The van der Waals surface area contributed by atoms with Crippen LogP contribution in [0.1, 0.15) is 36.2 Å². The molecule has 1 aliphatic heterocycles. The van der Waals surface area contributed by atoms with Gasteiger partial charge in [0, 0.05) is 12.1 Å². The monoisotopic (exact) mass is 318 g/mol. The standard InChI is InChI=1S/C15H18F4N2O/c1-8-5-6-20-9(2)13(8)21-14(22)11-7-10(15(17,18)19)3-4-12(11)16/h3-4,7-9,13,20H,5-6H2,1-2H3,(H,21,22). The van der Waals surface area contributed by atoms with E-state index in [1.807, 2.05) is 13.8 Å². The molecular formula is C15H18F4N2O. The molecule has 7 heteroatoms. The first kappa shape index (κ1) is 16.7. The fourth-order valence-electron chi connectivity index (χ4n) is 2.71. The summed E-state index contributed by atoms with van der Waals surface area (Å²) in [6.45, 7) is 4.64. The van der Waals surface area contributed by atoms with Crippen molar-refractivity contribution in [3.05, 3.63) is 35.1 Å². The lowest BCUT2D eigenvalue weighted by atomic mass is 9.89. The van der Waals surface area contributed by atoms with E-state index in [0.29, 0.717) is 18.2 Å². The Labute approximate surface area is 126 Å². The zero-order valence-electron chi connectivity index (χ0n) is 12.3. The van der Waals surface area contributed by atoms with Crippen molar-refractivity contribution >= 4 is 5.91 Å². The lowest BCUT2D eigenvalue weighted by molar-refractivity contribution is -0.137. The van der Waals surface area contributed by atoms with Crippen LogP contribution in [0, 0.1) is 11.7 Å². The summed E-state index contributed by atoms with van der Waals surface area (Å²) in [6.07, 6.45) is -3.78. The van der Waals surface area contributed by atoms with Crippen molar-refractivity contribution in [1.29, 1.82) is 0 Å². The van der Waals surface area contributed by atoms with Crippen molar-refractivity contribution in [2.24, 2.45) is 5.92 Å². The number of rotatable bonds is 2. The lowest BCUT2D eigenvalue weighted by Gasteiger charge is -2.36. The highest BCUT2D eigenvalue weighted by Crippen LogP contribution is 2.30. The van der Waals surface area contributed by atoms with Crippen LogP contribution in [0.3, 0.4) is 0 Å². The summed E-state index contributed by atoms with van der Waals surface area (Å²) in [7, 11) is 0. The Morgan fingerprint density at radius 1 is 1.32 bits per heavy atom. The SMILES string of the molecule is CC1CCNC(C)C1NC(=O)c1cc(C(F)(F)F)ccc1F. The van der Waals surface area contributed by atoms with Crippen LogP contribution >= 0.6 is 0 Å². The molecular weight excluding hydrogens is 300 g/mol. The molecule has 1 amide bonds. The first-order valence-corrected chi connectivity index (χ1v) is 7.11. The van der Waals surface area contributed by atoms with Gasteiger partial charge in [-0.05, 0) is 44.0 Å². The molecule has 3 unspecified atom stereocenters. The van der Waals surface area contributed by atoms with Gasteiger partial charge in [-0.25, -0.2) is 4.39 Å². The third kappa shape index (κ3) is 3.58. The molecule has 3 nitrogen and oxygen atoms in total. The molecule has 2 rings (SSSR count). The molecule has 1 aromatic rings. The van der Waals surface area contributed by atoms with Gasteiger partial charge >= 0.3 is 6.18 Å². The van der Waals surface area contributed by atoms with Crippen molar-refractivity contribution in [3.63, 3.8) is 0 Å². The van der Waals surface area contributed by atoms with Gasteiger partial charge in [-0.3, -0.25) is 4.79 Å². The Morgan fingerprint density at radius 2 is 2.00 bits per heavy atom. The van der Waals surface area contributed by atoms with E-state index in [9.17, 15) is 22.4 Å². The number of carbonyl (C=O) groups is 1. The van der Waals surface area contributed by atoms with Crippen LogP contribution in [0.5, 0.6) is 0 Å². The van der Waals surface area contributed by atoms with Crippen molar-refractivity contribution in [3.8, 4) is 0 Å². The van der Waals surface area contributed by atoms with Gasteiger partial charge in [0.05, 0.1) is 11.1 Å². The van der Waals surface area contributed by atoms with Crippen molar-refractivity contribution < 1.29 is 22.4 Å². The van der Waals surface area contributed by atoms with Crippen molar-refractivity contribution in [2.75, 3.05) is 6.54 Å². The molecule has 122 valence electrons. The molecule has 1 aromatic carbocycles. The number of carbonyl (C=O) groups excluding carboxylic acids is 1. The predicted molar refractivity (Wildman–Crippen MR) is 73.9 cm³/mol. The molecule has 1 fully saturated rings. The van der Waals surface area contributed by atoms with Gasteiger partial charge in [-0.2, -0.15) is 13.2 Å². The average Bonchev–Trinajstić information content (AvgIpc) is 2.42. The minimum absolute atomic E-state index is 0.0263. The second-order valence-electron chi connectivity index (χ2n) is 5.70. The summed E-state index contributed by atoms with van der Waals surface area (Å²) in [5, 5.41) is 5.83. The van der Waals surface area contributed by atoms with E-state index in [1.165, 1.54) is 0 Å². The Morgan fingerprint density at radius 3 is 2.59 bits per heavy atom. The second-order valence-corrected chi connectivity index (χ2v) is 5.70. The third-order valence-corrected chi connectivity index (χ3v) is 4.05. The Hall–Kier alpha value is -1.63. The summed E-state index contributed by atoms with van der Waals surface area (Å²) in [5.41, 5.74) is -1.62. The van der Waals surface area contributed by atoms with Gasteiger partial charge in [-0.1, -0.05) is 6.92 Å². The van der Waals surface area contributed by atoms with Crippen molar-refractivity contribution in [2.45, 2.75) is 38.5 Å². The lowest BCUT2D eigenvalue weighted by Crippen LogP contribution is -2.56. The highest BCUT2D eigenvalue weighted by atomic mass is 19.4. The Kier molecular flexibility index (Phi) is 4.75. The maximum absolute atomic E-state index is 13.7. The minimum Gasteiger partial charge on any atom is -0.347 e. The first-order chi connectivity index (χ1) is 10.2. The van der Waals surface area contributed by atoms with Crippen LogP contribution in [-0.2, 0) is 6.18 Å². The normalized spacial score (nSPS) is 25.8. The van der Waals surface area contributed by atoms with Crippen LogP contribution in [0.25, 0.3) is 0 Å². The molecule has 0 bridgehead atoms. The molecule has 0 saturated carbocycles. The van der Waals surface area contributed by atoms with E-state index in [4.69, 9.17) is 0 Å². The maximum atomic E-state index is 13.7. The molecule has 0 aliphatic carbocycles. The van der Waals surface area contributed by atoms with Gasteiger partial charge in [0.2, 0.25) is 0 Å². The fourth-order valence-corrected chi connectivity index (χ4v) is 2.71. The van der Waals surface area contributed by atoms with Gasteiger partial charge in [0.15, 0.2) is 0 Å². The van der Waals surface area contributed by atoms with E-state index in [1.54, 1.807) is 0 Å². The molecule has 0 aromatic heterocycles. The fraction of sp³-hybridized carbons (Fsp3) is 0.533. The number of alkyl halides is 3. The average molecular weight is 318 g/mol. The molecule has 0 spiro atoms. The van der Waals surface area contributed by atoms with Gasteiger partial charge in [0.25, 0.3) is 5.91 Å². The van der Waals surface area contributed by atoms with Crippen LogP contribution in [0.4, 0.5) is 17.6 Å². The molecule has 3 atom stereocenters. The van der Waals surface area contributed by atoms with E-state index in [0.717, 1.165) is 13.0 Å². The van der Waals surface area contributed by atoms with Gasteiger partial charge in [-0.15, -0.1) is 0 Å². The van der Waals surface area contributed by atoms with E-state index in [2.05, 4.69) is 10.6 Å². The predicted octanol–water partition coefficient (Wildman–Crippen LogP) is 2.96. The summed E-state index contributed by atoms with van der Waals surface area (Å²) in [6, 6.07) is 1.57.